The fourth-order valence-electron chi connectivity index (χ4n) is 1.00. The third-order valence-electron chi connectivity index (χ3n) is 1.68. The molecule has 11 heavy (non-hydrogen) atoms. The van der Waals surface area contributed by atoms with Crippen molar-refractivity contribution >= 4 is 0 Å². The average molecular weight is 150 g/mol. The van der Waals surface area contributed by atoms with E-state index in [0.29, 0.717) is 0 Å². The Morgan fingerprint density at radius 2 is 2.09 bits per heavy atom. The molecule has 0 aliphatic heterocycles. The van der Waals surface area contributed by atoms with Gasteiger partial charge in [-0.15, -0.1) is 0 Å². The zero-order chi connectivity index (χ0) is 7.94. The van der Waals surface area contributed by atoms with Gasteiger partial charge in [-0.25, -0.2) is 0 Å². The predicted molar refractivity (Wildman–Crippen MR) is 47.5 cm³/mol. The minimum Gasteiger partial charge on any atom is -0.377 e. The van der Waals surface area contributed by atoms with Crippen molar-refractivity contribution in [2.75, 3.05) is 7.11 Å². The van der Waals surface area contributed by atoms with Crippen LogP contribution in [-0.2, 0) is 4.74 Å². The van der Waals surface area contributed by atoms with Gasteiger partial charge in [-0.2, -0.15) is 0 Å². The van der Waals surface area contributed by atoms with E-state index in [1.807, 2.05) is 6.08 Å². The summed E-state index contributed by atoms with van der Waals surface area (Å²) >= 11 is 0. The third kappa shape index (κ3) is 3.19. The Kier molecular flexibility index (Phi) is 3.70. The van der Waals surface area contributed by atoms with Crippen molar-refractivity contribution in [2.24, 2.45) is 0 Å². The lowest BCUT2D eigenvalue weighted by Crippen LogP contribution is -2.04. The van der Waals surface area contributed by atoms with Crippen LogP contribution in [0.15, 0.2) is 36.5 Å². The van der Waals surface area contributed by atoms with E-state index in [4.69, 9.17) is 4.74 Å². The fraction of sp³-hybridized carbons (Fsp3) is 0.400. The lowest BCUT2D eigenvalue weighted by Gasteiger charge is -2.05. The average Bonchev–Trinajstić information content (AvgIpc) is 2.16. The highest BCUT2D eigenvalue weighted by atomic mass is 16.5. The first kappa shape index (κ1) is 8.28. The number of allylic oxidation sites excluding steroid dienone is 4. The molecule has 1 rings (SSSR count). The van der Waals surface area contributed by atoms with Gasteiger partial charge in [0.05, 0.1) is 6.10 Å². The molecule has 0 heterocycles. The molecule has 1 heteroatoms. The Bertz CT molecular complexity index is 177. The summed E-state index contributed by atoms with van der Waals surface area (Å²) in [4.78, 5) is 0. The Hall–Kier alpha value is -0.820. The Morgan fingerprint density at radius 3 is 2.91 bits per heavy atom. The molecule has 0 unspecified atom stereocenters. The van der Waals surface area contributed by atoms with Gasteiger partial charge in [0.15, 0.2) is 0 Å². The van der Waals surface area contributed by atoms with E-state index in [2.05, 4.69) is 30.4 Å². The second-order valence-electron chi connectivity index (χ2n) is 2.53. The second kappa shape index (κ2) is 4.91. The highest BCUT2D eigenvalue weighted by Gasteiger charge is 1.97. The Balaban J connectivity index is 2.54. The Morgan fingerprint density at radius 1 is 1.18 bits per heavy atom. The number of rotatable bonds is 1. The van der Waals surface area contributed by atoms with E-state index in [0.717, 1.165) is 12.8 Å². The van der Waals surface area contributed by atoms with Crippen molar-refractivity contribution in [1.29, 1.82) is 0 Å². The molecule has 0 spiro atoms. The normalized spacial score (nSPS) is 33.0. The molecule has 0 saturated carbocycles. The second-order valence-corrected chi connectivity index (χ2v) is 2.53. The van der Waals surface area contributed by atoms with Gasteiger partial charge in [-0.1, -0.05) is 36.5 Å². The first-order valence-corrected chi connectivity index (χ1v) is 3.94. The van der Waals surface area contributed by atoms with Crippen LogP contribution in [0.3, 0.4) is 0 Å². The zero-order valence-electron chi connectivity index (χ0n) is 6.86. The van der Waals surface area contributed by atoms with Gasteiger partial charge >= 0.3 is 0 Å². The van der Waals surface area contributed by atoms with E-state index in [-0.39, 0.29) is 6.10 Å². The lowest BCUT2D eigenvalue weighted by molar-refractivity contribution is 0.143. The maximum absolute atomic E-state index is 5.21. The molecule has 1 nitrogen and oxygen atoms in total. The van der Waals surface area contributed by atoms with Crippen molar-refractivity contribution in [3.8, 4) is 0 Å². The van der Waals surface area contributed by atoms with Crippen LogP contribution >= 0.6 is 0 Å². The van der Waals surface area contributed by atoms with E-state index in [1.54, 1.807) is 7.11 Å². The van der Waals surface area contributed by atoms with Crippen LogP contribution in [-0.4, -0.2) is 13.2 Å². The molecule has 0 aromatic rings. The van der Waals surface area contributed by atoms with Crippen LogP contribution in [0.1, 0.15) is 12.8 Å². The van der Waals surface area contributed by atoms with Gasteiger partial charge in [0.2, 0.25) is 0 Å². The molecule has 0 saturated heterocycles. The SMILES string of the molecule is CO[C@H]1/C=C\C=C/C/C=C\C1. The van der Waals surface area contributed by atoms with Crippen LogP contribution < -0.4 is 0 Å². The van der Waals surface area contributed by atoms with Gasteiger partial charge in [0, 0.05) is 7.11 Å². The quantitative estimate of drug-likeness (QED) is 0.522. The molecule has 1 aliphatic rings. The lowest BCUT2D eigenvalue weighted by atomic mass is 10.2. The summed E-state index contributed by atoms with van der Waals surface area (Å²) in [5.41, 5.74) is 0. The van der Waals surface area contributed by atoms with Crippen LogP contribution in [0.5, 0.6) is 0 Å². The smallest absolute Gasteiger partial charge is 0.0789 e. The fourth-order valence-corrected chi connectivity index (χ4v) is 1.00. The summed E-state index contributed by atoms with van der Waals surface area (Å²) < 4.78 is 5.21. The highest BCUT2D eigenvalue weighted by Crippen LogP contribution is 2.03. The van der Waals surface area contributed by atoms with Gasteiger partial charge in [0.1, 0.15) is 0 Å². The van der Waals surface area contributed by atoms with Gasteiger partial charge in [-0.05, 0) is 12.8 Å². The molecular formula is C10H14O. The number of hydrogen-bond acceptors (Lipinski definition) is 1. The van der Waals surface area contributed by atoms with Crippen LogP contribution in [0.2, 0.25) is 0 Å². The van der Waals surface area contributed by atoms with Gasteiger partial charge < -0.3 is 4.74 Å². The van der Waals surface area contributed by atoms with Crippen LogP contribution in [0.4, 0.5) is 0 Å². The molecule has 1 aliphatic carbocycles. The van der Waals surface area contributed by atoms with Crippen molar-refractivity contribution < 1.29 is 4.74 Å². The molecule has 60 valence electrons. The van der Waals surface area contributed by atoms with Crippen molar-refractivity contribution in [2.45, 2.75) is 18.9 Å². The summed E-state index contributed by atoms with van der Waals surface area (Å²) in [5.74, 6) is 0. The maximum Gasteiger partial charge on any atom is 0.0789 e. The molecule has 0 N–H and O–H groups in total. The molecule has 0 radical (unpaired) electrons. The zero-order valence-corrected chi connectivity index (χ0v) is 6.86. The van der Waals surface area contributed by atoms with Crippen LogP contribution in [0.25, 0.3) is 0 Å². The Labute approximate surface area is 68.1 Å². The summed E-state index contributed by atoms with van der Waals surface area (Å²) in [6, 6.07) is 0. The van der Waals surface area contributed by atoms with Crippen LogP contribution in [0, 0.1) is 0 Å². The maximum atomic E-state index is 5.21. The number of methoxy groups -OCH3 is 1. The predicted octanol–water partition coefficient (Wildman–Crippen LogP) is 2.46. The first-order valence-electron chi connectivity index (χ1n) is 3.94. The summed E-state index contributed by atoms with van der Waals surface area (Å²) in [6.07, 6.45) is 14.9. The van der Waals surface area contributed by atoms with E-state index in [1.165, 1.54) is 0 Å². The number of ether oxygens (including phenoxy) is 1. The first-order chi connectivity index (χ1) is 5.43. The minimum atomic E-state index is 0.244. The van der Waals surface area contributed by atoms with Crippen molar-refractivity contribution in [3.05, 3.63) is 36.5 Å². The summed E-state index contributed by atoms with van der Waals surface area (Å²) in [6.45, 7) is 0. The molecule has 0 fully saturated rings. The van der Waals surface area contributed by atoms with Crippen molar-refractivity contribution in [3.63, 3.8) is 0 Å². The molecule has 0 bridgehead atoms. The highest BCUT2D eigenvalue weighted by molar-refractivity contribution is 5.10. The topological polar surface area (TPSA) is 9.23 Å². The molecule has 0 aromatic heterocycles. The van der Waals surface area contributed by atoms with Crippen molar-refractivity contribution in [1.82, 2.24) is 0 Å². The van der Waals surface area contributed by atoms with E-state index in [9.17, 15) is 0 Å². The number of hydrogen-bond donors (Lipinski definition) is 0. The van der Waals surface area contributed by atoms with E-state index < -0.39 is 0 Å². The molecule has 0 aromatic carbocycles. The van der Waals surface area contributed by atoms with Gasteiger partial charge in [0.25, 0.3) is 0 Å². The molecule has 0 amide bonds. The largest absolute Gasteiger partial charge is 0.377 e. The molecular weight excluding hydrogens is 136 g/mol. The monoisotopic (exact) mass is 150 g/mol. The standard InChI is InChI=1S/C10H14O/c1-11-10-8-6-4-2-3-5-7-9-10/h2,4-8,10H,3,9H2,1H3/b4-2-,7-5-,8-6-/t10-/m0/s1. The van der Waals surface area contributed by atoms with E-state index >= 15 is 0 Å². The van der Waals surface area contributed by atoms with Gasteiger partial charge in [-0.3, -0.25) is 0 Å². The summed E-state index contributed by atoms with van der Waals surface area (Å²) in [5, 5.41) is 0. The minimum absolute atomic E-state index is 0.244. The third-order valence-corrected chi connectivity index (χ3v) is 1.68. The summed E-state index contributed by atoms with van der Waals surface area (Å²) in [7, 11) is 1.74. The molecule has 1 atom stereocenters.